The summed E-state index contributed by atoms with van der Waals surface area (Å²) >= 11 is 11.8. The van der Waals surface area contributed by atoms with E-state index < -0.39 is 0 Å². The second-order valence-electron chi connectivity index (χ2n) is 3.24. The average molecular weight is 242 g/mol. The standard InChI is InChI=1S/C10H9Cl2N3/c11-8-3-7(4-9(12)5-8)1-2-10-6-13-15-14-10/h3-6H,1-2H2,(H,13,14,15). The number of nitrogens with zero attached hydrogens (tertiary/aromatic N) is 2. The first-order valence-corrected chi connectivity index (χ1v) is 5.29. The number of aromatic nitrogens is 3. The molecular weight excluding hydrogens is 233 g/mol. The Kier molecular flexibility index (Phi) is 3.23. The molecule has 1 aromatic heterocycles. The van der Waals surface area contributed by atoms with Crippen LogP contribution in [-0.2, 0) is 12.8 Å². The van der Waals surface area contributed by atoms with E-state index in [1.807, 2.05) is 12.1 Å². The lowest BCUT2D eigenvalue weighted by Crippen LogP contribution is -1.91. The third-order valence-corrected chi connectivity index (χ3v) is 2.49. The molecule has 5 heteroatoms. The Morgan fingerprint density at radius 2 is 1.80 bits per heavy atom. The van der Waals surface area contributed by atoms with Crippen molar-refractivity contribution in [3.8, 4) is 0 Å². The van der Waals surface area contributed by atoms with E-state index in [1.165, 1.54) is 0 Å². The molecule has 78 valence electrons. The summed E-state index contributed by atoms with van der Waals surface area (Å²) in [5.74, 6) is 0. The SMILES string of the molecule is Clc1cc(Cl)cc(CCc2cn[nH]n2)c1. The molecule has 1 heterocycles. The van der Waals surface area contributed by atoms with Crippen molar-refractivity contribution in [3.63, 3.8) is 0 Å². The Balaban J connectivity index is 2.05. The first kappa shape index (κ1) is 10.5. The number of aryl methyl sites for hydroxylation is 2. The van der Waals surface area contributed by atoms with Gasteiger partial charge in [-0.1, -0.05) is 23.2 Å². The third kappa shape index (κ3) is 2.94. The molecule has 0 saturated carbocycles. The molecule has 0 atom stereocenters. The first-order chi connectivity index (χ1) is 7.24. The number of nitrogens with one attached hydrogen (secondary N) is 1. The van der Waals surface area contributed by atoms with Crippen LogP contribution in [0.15, 0.2) is 24.4 Å². The van der Waals surface area contributed by atoms with Gasteiger partial charge in [0.25, 0.3) is 0 Å². The van der Waals surface area contributed by atoms with Crippen LogP contribution in [0.4, 0.5) is 0 Å². The van der Waals surface area contributed by atoms with Crippen LogP contribution in [0, 0.1) is 0 Å². The fourth-order valence-electron chi connectivity index (χ4n) is 1.37. The molecule has 0 aliphatic carbocycles. The van der Waals surface area contributed by atoms with Gasteiger partial charge in [0, 0.05) is 10.0 Å². The molecule has 1 aromatic carbocycles. The normalized spacial score (nSPS) is 10.5. The highest BCUT2D eigenvalue weighted by molar-refractivity contribution is 6.34. The van der Waals surface area contributed by atoms with Crippen molar-refractivity contribution in [2.45, 2.75) is 12.8 Å². The zero-order chi connectivity index (χ0) is 10.7. The number of rotatable bonds is 3. The van der Waals surface area contributed by atoms with E-state index in [-0.39, 0.29) is 0 Å². The van der Waals surface area contributed by atoms with Crippen molar-refractivity contribution in [1.82, 2.24) is 15.4 Å². The lowest BCUT2D eigenvalue weighted by atomic mass is 10.1. The van der Waals surface area contributed by atoms with E-state index in [9.17, 15) is 0 Å². The molecule has 2 rings (SSSR count). The van der Waals surface area contributed by atoms with Crippen molar-refractivity contribution in [2.75, 3.05) is 0 Å². The molecule has 0 fully saturated rings. The summed E-state index contributed by atoms with van der Waals surface area (Å²) in [5.41, 5.74) is 2.04. The summed E-state index contributed by atoms with van der Waals surface area (Å²) in [6.07, 6.45) is 3.39. The Morgan fingerprint density at radius 1 is 1.07 bits per heavy atom. The van der Waals surface area contributed by atoms with Gasteiger partial charge in [0.2, 0.25) is 0 Å². The van der Waals surface area contributed by atoms with Gasteiger partial charge < -0.3 is 0 Å². The molecule has 0 radical (unpaired) electrons. The summed E-state index contributed by atoms with van der Waals surface area (Å²) in [6, 6.07) is 5.55. The van der Waals surface area contributed by atoms with Crippen molar-refractivity contribution in [2.24, 2.45) is 0 Å². The minimum atomic E-state index is 0.664. The van der Waals surface area contributed by atoms with Gasteiger partial charge >= 0.3 is 0 Å². The minimum absolute atomic E-state index is 0.664. The quantitative estimate of drug-likeness (QED) is 0.898. The average Bonchev–Trinajstić information content (AvgIpc) is 2.65. The van der Waals surface area contributed by atoms with Gasteiger partial charge in [0.05, 0.1) is 11.9 Å². The maximum atomic E-state index is 5.89. The minimum Gasteiger partial charge on any atom is -0.198 e. The smallest absolute Gasteiger partial charge is 0.0828 e. The maximum Gasteiger partial charge on any atom is 0.0828 e. The van der Waals surface area contributed by atoms with E-state index in [4.69, 9.17) is 23.2 Å². The molecule has 0 unspecified atom stereocenters. The monoisotopic (exact) mass is 241 g/mol. The summed E-state index contributed by atoms with van der Waals surface area (Å²) in [6.45, 7) is 0. The summed E-state index contributed by atoms with van der Waals surface area (Å²) < 4.78 is 0. The number of halogens is 2. The van der Waals surface area contributed by atoms with Gasteiger partial charge in [-0.15, -0.1) is 0 Å². The zero-order valence-electron chi connectivity index (χ0n) is 7.87. The van der Waals surface area contributed by atoms with Crippen molar-refractivity contribution < 1.29 is 0 Å². The Labute approximate surface area is 97.4 Å². The molecular formula is C10H9Cl2N3. The van der Waals surface area contributed by atoms with Gasteiger partial charge in [-0.3, -0.25) is 0 Å². The van der Waals surface area contributed by atoms with Crippen LogP contribution in [0.1, 0.15) is 11.3 Å². The molecule has 2 aromatic rings. The number of benzene rings is 1. The molecule has 0 bridgehead atoms. The van der Waals surface area contributed by atoms with E-state index in [0.717, 1.165) is 24.1 Å². The van der Waals surface area contributed by atoms with Crippen molar-refractivity contribution >= 4 is 23.2 Å². The predicted molar refractivity (Wildman–Crippen MR) is 60.3 cm³/mol. The fraction of sp³-hybridized carbons (Fsp3) is 0.200. The summed E-state index contributed by atoms with van der Waals surface area (Å²) in [7, 11) is 0. The fourth-order valence-corrected chi connectivity index (χ4v) is 1.94. The van der Waals surface area contributed by atoms with Crippen LogP contribution < -0.4 is 0 Å². The molecule has 0 spiro atoms. The molecule has 0 aliphatic rings. The van der Waals surface area contributed by atoms with Gasteiger partial charge in [-0.2, -0.15) is 15.4 Å². The van der Waals surface area contributed by atoms with Crippen LogP contribution in [0.25, 0.3) is 0 Å². The second kappa shape index (κ2) is 4.64. The van der Waals surface area contributed by atoms with E-state index in [2.05, 4.69) is 15.4 Å². The van der Waals surface area contributed by atoms with E-state index in [0.29, 0.717) is 10.0 Å². The molecule has 0 amide bonds. The Bertz CT molecular complexity index is 420. The van der Waals surface area contributed by atoms with Gasteiger partial charge in [-0.25, -0.2) is 0 Å². The number of hydrogen-bond acceptors (Lipinski definition) is 2. The molecule has 1 N–H and O–H groups in total. The Morgan fingerprint density at radius 3 is 2.40 bits per heavy atom. The van der Waals surface area contributed by atoms with Crippen molar-refractivity contribution in [3.05, 3.63) is 45.7 Å². The number of aromatic amines is 1. The largest absolute Gasteiger partial charge is 0.198 e. The summed E-state index contributed by atoms with van der Waals surface area (Å²) in [5, 5.41) is 11.6. The van der Waals surface area contributed by atoms with Gasteiger partial charge in [0.1, 0.15) is 0 Å². The predicted octanol–water partition coefficient (Wildman–Crippen LogP) is 2.90. The number of hydrogen-bond donors (Lipinski definition) is 1. The van der Waals surface area contributed by atoms with Crippen LogP contribution >= 0.6 is 23.2 Å². The lowest BCUT2D eigenvalue weighted by molar-refractivity contribution is 0.871. The number of H-pyrrole nitrogens is 1. The molecule has 0 saturated heterocycles. The van der Waals surface area contributed by atoms with Crippen LogP contribution in [0.3, 0.4) is 0 Å². The maximum absolute atomic E-state index is 5.89. The lowest BCUT2D eigenvalue weighted by Gasteiger charge is -2.01. The molecule has 3 nitrogen and oxygen atoms in total. The highest BCUT2D eigenvalue weighted by Crippen LogP contribution is 2.19. The third-order valence-electron chi connectivity index (χ3n) is 2.06. The van der Waals surface area contributed by atoms with Crippen LogP contribution in [0.5, 0.6) is 0 Å². The van der Waals surface area contributed by atoms with Gasteiger partial charge in [0.15, 0.2) is 0 Å². The highest BCUT2D eigenvalue weighted by Gasteiger charge is 2.01. The zero-order valence-corrected chi connectivity index (χ0v) is 9.39. The van der Waals surface area contributed by atoms with Crippen molar-refractivity contribution in [1.29, 1.82) is 0 Å². The summed E-state index contributed by atoms with van der Waals surface area (Å²) in [4.78, 5) is 0. The molecule has 0 aliphatic heterocycles. The topological polar surface area (TPSA) is 41.6 Å². The second-order valence-corrected chi connectivity index (χ2v) is 4.11. The Hall–Kier alpha value is -1.06. The first-order valence-electron chi connectivity index (χ1n) is 4.53. The van der Waals surface area contributed by atoms with E-state index >= 15 is 0 Å². The van der Waals surface area contributed by atoms with E-state index in [1.54, 1.807) is 12.3 Å². The molecule has 15 heavy (non-hydrogen) atoms. The highest BCUT2D eigenvalue weighted by atomic mass is 35.5. The van der Waals surface area contributed by atoms with Gasteiger partial charge in [-0.05, 0) is 36.6 Å². The van der Waals surface area contributed by atoms with Crippen LogP contribution in [-0.4, -0.2) is 15.4 Å². The van der Waals surface area contributed by atoms with Crippen LogP contribution in [0.2, 0.25) is 10.0 Å².